The van der Waals surface area contributed by atoms with Gasteiger partial charge in [0.25, 0.3) is 0 Å². The van der Waals surface area contributed by atoms with Gasteiger partial charge in [0.2, 0.25) is 0 Å². The van der Waals surface area contributed by atoms with E-state index < -0.39 is 0 Å². The number of halogens is 1. The van der Waals surface area contributed by atoms with Gasteiger partial charge in [-0.05, 0) is 52.5 Å². The summed E-state index contributed by atoms with van der Waals surface area (Å²) in [4.78, 5) is 4.34. The Morgan fingerprint density at radius 1 is 1.40 bits per heavy atom. The number of fused-ring (bicyclic) bond motifs is 1. The summed E-state index contributed by atoms with van der Waals surface area (Å²) in [5, 5.41) is 0. The summed E-state index contributed by atoms with van der Waals surface area (Å²) >= 11 is 3.55. The summed E-state index contributed by atoms with van der Waals surface area (Å²) in [6, 6.07) is 2.18. The van der Waals surface area contributed by atoms with E-state index in [1.807, 2.05) is 6.20 Å². The van der Waals surface area contributed by atoms with E-state index in [0.717, 1.165) is 21.7 Å². The number of aromatic nitrogens is 2. The zero-order chi connectivity index (χ0) is 9.71. The number of nitrogens with zero attached hydrogens (tertiary/aromatic N) is 2. The molecule has 1 fully saturated rings. The molecule has 4 heteroatoms. The molecule has 2 heterocycles. The van der Waals surface area contributed by atoms with Crippen molar-refractivity contribution in [3.63, 3.8) is 0 Å². The standard InChI is InChI=1S/C11H10BrN2.Ni/c1-7-5-14-6-9(8-2-3-8)4-10(12)11(14)13-7;/h4-6,8H,1-3H2;/q-1;+2. The fourth-order valence-corrected chi connectivity index (χ4v) is 2.33. The zero-order valence-electron chi connectivity index (χ0n) is 8.02. The average Bonchev–Trinajstić information content (AvgIpc) is 2.89. The zero-order valence-corrected chi connectivity index (χ0v) is 10.6. The van der Waals surface area contributed by atoms with Crippen LogP contribution in [0.25, 0.3) is 5.65 Å². The monoisotopic (exact) mass is 307 g/mol. The number of hydrogen-bond donors (Lipinski definition) is 0. The van der Waals surface area contributed by atoms with Crippen molar-refractivity contribution >= 4 is 21.6 Å². The molecule has 0 amide bonds. The number of hydrogen-bond acceptors (Lipinski definition) is 1. The first-order valence-corrected chi connectivity index (χ1v) is 5.53. The van der Waals surface area contributed by atoms with E-state index in [1.54, 1.807) is 0 Å². The smallest absolute Gasteiger partial charge is 0.386 e. The number of pyridine rings is 1. The van der Waals surface area contributed by atoms with E-state index in [1.165, 1.54) is 18.4 Å². The molecule has 2 aromatic rings. The Morgan fingerprint density at radius 3 is 2.80 bits per heavy atom. The van der Waals surface area contributed by atoms with Crippen LogP contribution in [0, 0.1) is 6.92 Å². The van der Waals surface area contributed by atoms with Crippen LogP contribution in [0.2, 0.25) is 0 Å². The molecule has 0 saturated heterocycles. The van der Waals surface area contributed by atoms with Crippen molar-refractivity contribution in [1.29, 1.82) is 0 Å². The summed E-state index contributed by atoms with van der Waals surface area (Å²) in [6.07, 6.45) is 6.78. The molecule has 0 radical (unpaired) electrons. The topological polar surface area (TPSA) is 17.3 Å². The predicted molar refractivity (Wildman–Crippen MR) is 59.3 cm³/mol. The Morgan fingerprint density at radius 2 is 2.13 bits per heavy atom. The SMILES string of the molecule is [CH2-]c1cn2cc(C3CC3)cc(Br)c2n1.[Ni+2]. The van der Waals surface area contributed by atoms with Crippen molar-refractivity contribution in [2.24, 2.45) is 0 Å². The van der Waals surface area contributed by atoms with Gasteiger partial charge in [-0.2, -0.15) is 0 Å². The van der Waals surface area contributed by atoms with E-state index in [-0.39, 0.29) is 16.5 Å². The number of imidazole rings is 1. The quantitative estimate of drug-likeness (QED) is 0.584. The molecule has 2 nitrogen and oxygen atoms in total. The third-order valence-electron chi connectivity index (χ3n) is 2.63. The third-order valence-corrected chi connectivity index (χ3v) is 3.21. The molecule has 0 atom stereocenters. The van der Waals surface area contributed by atoms with Gasteiger partial charge in [0.15, 0.2) is 0 Å². The fraction of sp³-hybridized carbons (Fsp3) is 0.273. The molecule has 1 aliphatic carbocycles. The first kappa shape index (κ1) is 11.0. The van der Waals surface area contributed by atoms with Crippen LogP contribution in [-0.2, 0) is 16.5 Å². The Labute approximate surface area is 107 Å². The van der Waals surface area contributed by atoms with Gasteiger partial charge in [0.1, 0.15) is 5.65 Å². The maximum atomic E-state index is 4.34. The Bertz CT molecular complexity index is 503. The van der Waals surface area contributed by atoms with Crippen LogP contribution in [-0.4, -0.2) is 9.38 Å². The summed E-state index contributed by atoms with van der Waals surface area (Å²) in [6.45, 7) is 3.84. The second-order valence-corrected chi connectivity index (χ2v) is 4.71. The molecule has 2 aromatic heterocycles. The maximum Gasteiger partial charge on any atom is 2.00 e. The Kier molecular flexibility index (Phi) is 2.82. The summed E-state index contributed by atoms with van der Waals surface area (Å²) in [7, 11) is 0. The summed E-state index contributed by atoms with van der Waals surface area (Å²) in [5.41, 5.74) is 3.18. The molecule has 0 aliphatic heterocycles. The van der Waals surface area contributed by atoms with E-state index >= 15 is 0 Å². The van der Waals surface area contributed by atoms with Gasteiger partial charge in [0, 0.05) is 0 Å². The van der Waals surface area contributed by atoms with Crippen LogP contribution < -0.4 is 0 Å². The molecular formula is C11H10BrN2Ni+. The van der Waals surface area contributed by atoms with Crippen molar-refractivity contribution in [2.45, 2.75) is 18.8 Å². The first-order valence-electron chi connectivity index (χ1n) is 4.74. The minimum atomic E-state index is 0. The average molecular weight is 309 g/mol. The molecule has 15 heavy (non-hydrogen) atoms. The Hall–Kier alpha value is -0.466. The largest absolute Gasteiger partial charge is 2.00 e. The summed E-state index contributed by atoms with van der Waals surface area (Å²) in [5.74, 6) is 0.770. The normalized spacial score (nSPS) is 15.3. The molecule has 0 N–H and O–H groups in total. The van der Waals surface area contributed by atoms with Crippen molar-refractivity contribution in [3.8, 4) is 0 Å². The molecule has 3 rings (SSSR count). The molecule has 0 aromatic carbocycles. The van der Waals surface area contributed by atoms with Crippen LogP contribution in [0.3, 0.4) is 0 Å². The maximum absolute atomic E-state index is 4.34. The molecule has 0 spiro atoms. The van der Waals surface area contributed by atoms with E-state index in [4.69, 9.17) is 0 Å². The van der Waals surface area contributed by atoms with Gasteiger partial charge in [-0.15, -0.1) is 6.20 Å². The van der Waals surface area contributed by atoms with E-state index in [2.05, 4.69) is 44.5 Å². The van der Waals surface area contributed by atoms with Gasteiger partial charge < -0.3 is 4.40 Å². The van der Waals surface area contributed by atoms with Gasteiger partial charge in [-0.3, -0.25) is 4.98 Å². The van der Waals surface area contributed by atoms with Gasteiger partial charge in [0.05, 0.1) is 4.47 Å². The van der Waals surface area contributed by atoms with Crippen LogP contribution in [0.15, 0.2) is 22.9 Å². The van der Waals surface area contributed by atoms with Crippen molar-refractivity contribution in [3.05, 3.63) is 41.1 Å². The fourth-order valence-electron chi connectivity index (χ4n) is 1.77. The molecule has 80 valence electrons. The second-order valence-electron chi connectivity index (χ2n) is 3.86. The molecule has 0 unspecified atom stereocenters. The molecular weight excluding hydrogens is 299 g/mol. The van der Waals surface area contributed by atoms with Gasteiger partial charge in [-0.1, -0.05) is 5.69 Å². The van der Waals surface area contributed by atoms with Crippen LogP contribution in [0.1, 0.15) is 30.0 Å². The van der Waals surface area contributed by atoms with Crippen LogP contribution in [0.5, 0.6) is 0 Å². The third kappa shape index (κ3) is 1.93. The number of rotatable bonds is 1. The van der Waals surface area contributed by atoms with Gasteiger partial charge >= 0.3 is 16.5 Å². The predicted octanol–water partition coefficient (Wildman–Crippen LogP) is 3.15. The van der Waals surface area contributed by atoms with Crippen molar-refractivity contribution in [2.75, 3.05) is 0 Å². The molecule has 1 aliphatic rings. The van der Waals surface area contributed by atoms with E-state index in [9.17, 15) is 0 Å². The van der Waals surface area contributed by atoms with Crippen LogP contribution in [0.4, 0.5) is 0 Å². The molecule has 0 bridgehead atoms. The van der Waals surface area contributed by atoms with Crippen LogP contribution >= 0.6 is 15.9 Å². The first-order chi connectivity index (χ1) is 6.74. The minimum absolute atomic E-state index is 0. The second kappa shape index (κ2) is 3.84. The molecule has 1 saturated carbocycles. The van der Waals surface area contributed by atoms with Crippen molar-refractivity contribution < 1.29 is 16.5 Å². The van der Waals surface area contributed by atoms with E-state index in [0.29, 0.717) is 0 Å². The minimum Gasteiger partial charge on any atom is -0.386 e. The van der Waals surface area contributed by atoms with Gasteiger partial charge in [-0.25, -0.2) is 6.92 Å². The van der Waals surface area contributed by atoms with Crippen molar-refractivity contribution in [1.82, 2.24) is 9.38 Å². The Balaban J connectivity index is 0.000000853. The summed E-state index contributed by atoms with van der Waals surface area (Å²) < 4.78 is 3.12.